The number of fused-ring (bicyclic) bond motifs is 1. The molecule has 0 unspecified atom stereocenters. The predicted molar refractivity (Wildman–Crippen MR) is 30.3 cm³/mol. The number of ketones is 1. The van der Waals surface area contributed by atoms with Crippen LogP contribution in [0.4, 0.5) is 0 Å². The van der Waals surface area contributed by atoms with Crippen molar-refractivity contribution in [2.75, 3.05) is 0 Å². The van der Waals surface area contributed by atoms with Crippen LogP contribution in [0.15, 0.2) is 0 Å². The van der Waals surface area contributed by atoms with E-state index in [4.69, 9.17) is 5.26 Å². The molecule has 3 saturated carbocycles. The predicted octanol–water partition coefficient (Wildman–Crippen LogP) is 0.735. The Balaban J connectivity index is 2.24. The molecule has 0 amide bonds. The van der Waals surface area contributed by atoms with Crippen LogP contribution in [0.25, 0.3) is 0 Å². The topological polar surface area (TPSA) is 40.9 Å². The van der Waals surface area contributed by atoms with Gasteiger partial charge in [-0.2, -0.15) is 5.26 Å². The molecule has 3 aliphatic carbocycles. The summed E-state index contributed by atoms with van der Waals surface area (Å²) in [6.45, 7) is 0. The zero-order chi connectivity index (χ0) is 6.43. The highest BCUT2D eigenvalue weighted by molar-refractivity contribution is 5.87. The summed E-state index contributed by atoms with van der Waals surface area (Å²) in [6.07, 6.45) is 1.68. The van der Waals surface area contributed by atoms with Crippen LogP contribution < -0.4 is 0 Å². The molecule has 3 rings (SSSR count). The molecule has 0 N–H and O–H groups in total. The molecule has 3 fully saturated rings. The Kier molecular flexibility index (Phi) is 0.751. The van der Waals surface area contributed by atoms with Crippen molar-refractivity contribution in [3.05, 3.63) is 0 Å². The third-order valence-corrected chi connectivity index (χ3v) is 2.52. The minimum atomic E-state index is 0.0949. The zero-order valence-electron chi connectivity index (χ0n) is 5.00. The van der Waals surface area contributed by atoms with Crippen LogP contribution >= 0.6 is 0 Å². The molecule has 0 saturated heterocycles. The lowest BCUT2D eigenvalue weighted by Crippen LogP contribution is -2.27. The van der Waals surface area contributed by atoms with E-state index in [-0.39, 0.29) is 11.8 Å². The standard InChI is InChI=1S/C7H7NO/c8-3-6-4-1-5(6)7(9)2-4/h4-6H,1-2H2/t4-,5-,6-/m1/s1. The first-order chi connectivity index (χ1) is 4.33. The molecular formula is C7H7NO. The van der Waals surface area contributed by atoms with Crippen LogP contribution in [-0.2, 0) is 4.79 Å². The molecule has 9 heavy (non-hydrogen) atoms. The lowest BCUT2D eigenvalue weighted by molar-refractivity contribution is -0.120. The van der Waals surface area contributed by atoms with E-state index < -0.39 is 0 Å². The van der Waals surface area contributed by atoms with Gasteiger partial charge in [0.2, 0.25) is 0 Å². The molecular weight excluding hydrogens is 114 g/mol. The first-order valence-corrected chi connectivity index (χ1v) is 3.25. The highest BCUT2D eigenvalue weighted by Crippen LogP contribution is 2.50. The molecule has 0 radical (unpaired) electrons. The maximum Gasteiger partial charge on any atom is 0.137 e. The Labute approximate surface area is 53.5 Å². The van der Waals surface area contributed by atoms with Crippen molar-refractivity contribution in [1.82, 2.24) is 0 Å². The van der Waals surface area contributed by atoms with Gasteiger partial charge in [-0.05, 0) is 12.3 Å². The van der Waals surface area contributed by atoms with Gasteiger partial charge in [0.05, 0.1) is 12.0 Å². The van der Waals surface area contributed by atoms with Crippen LogP contribution in [0.1, 0.15) is 12.8 Å². The van der Waals surface area contributed by atoms with Crippen LogP contribution in [0.2, 0.25) is 0 Å². The molecule has 3 aliphatic rings. The van der Waals surface area contributed by atoms with Crippen LogP contribution in [-0.4, -0.2) is 5.78 Å². The maximum atomic E-state index is 10.8. The fourth-order valence-corrected chi connectivity index (χ4v) is 1.90. The first kappa shape index (κ1) is 4.99. The molecule has 2 heteroatoms. The van der Waals surface area contributed by atoms with Gasteiger partial charge in [-0.3, -0.25) is 4.79 Å². The number of nitrogens with zero attached hydrogens (tertiary/aromatic N) is 1. The molecule has 0 heterocycles. The Bertz CT molecular complexity index is 203. The summed E-state index contributed by atoms with van der Waals surface area (Å²) in [7, 11) is 0. The summed E-state index contributed by atoms with van der Waals surface area (Å²) in [4.78, 5) is 10.8. The fraction of sp³-hybridized carbons (Fsp3) is 0.714. The van der Waals surface area contributed by atoms with Crippen molar-refractivity contribution in [1.29, 1.82) is 5.26 Å². The Morgan fingerprint density at radius 2 is 2.44 bits per heavy atom. The third-order valence-electron chi connectivity index (χ3n) is 2.52. The highest BCUT2D eigenvalue weighted by Gasteiger charge is 2.52. The Hall–Kier alpha value is -0.840. The first-order valence-electron chi connectivity index (χ1n) is 3.25. The number of nitriles is 1. The normalized spacial score (nSPS) is 46.1. The smallest absolute Gasteiger partial charge is 0.137 e. The molecule has 2 nitrogen and oxygen atoms in total. The number of Topliss-reactive ketones (excluding diaryl/α,β-unsaturated/α-hetero) is 1. The second-order valence-corrected chi connectivity index (χ2v) is 2.93. The molecule has 0 aromatic heterocycles. The van der Waals surface area contributed by atoms with E-state index in [1.807, 2.05) is 0 Å². The van der Waals surface area contributed by atoms with Crippen molar-refractivity contribution in [3.8, 4) is 6.07 Å². The van der Waals surface area contributed by atoms with Crippen LogP contribution in [0, 0.1) is 29.1 Å². The average molecular weight is 121 g/mol. The molecule has 2 bridgehead atoms. The van der Waals surface area contributed by atoms with Crippen molar-refractivity contribution < 1.29 is 4.79 Å². The maximum absolute atomic E-state index is 10.8. The largest absolute Gasteiger partial charge is 0.299 e. The summed E-state index contributed by atoms with van der Waals surface area (Å²) >= 11 is 0. The number of hydrogen-bond acceptors (Lipinski definition) is 2. The van der Waals surface area contributed by atoms with Gasteiger partial charge >= 0.3 is 0 Å². The van der Waals surface area contributed by atoms with Crippen molar-refractivity contribution in [3.63, 3.8) is 0 Å². The molecule has 0 aromatic carbocycles. The van der Waals surface area contributed by atoms with Gasteiger partial charge in [-0.15, -0.1) is 0 Å². The van der Waals surface area contributed by atoms with Gasteiger partial charge in [0, 0.05) is 12.3 Å². The van der Waals surface area contributed by atoms with Crippen molar-refractivity contribution in [2.45, 2.75) is 12.8 Å². The van der Waals surface area contributed by atoms with E-state index in [1.165, 1.54) is 0 Å². The van der Waals surface area contributed by atoms with E-state index in [0.29, 0.717) is 18.1 Å². The van der Waals surface area contributed by atoms with Gasteiger partial charge in [0.25, 0.3) is 0 Å². The highest BCUT2D eigenvalue weighted by atomic mass is 16.1. The molecule has 0 aromatic rings. The molecule has 0 aliphatic heterocycles. The quantitative estimate of drug-likeness (QED) is 0.474. The second kappa shape index (κ2) is 1.36. The number of hydrogen-bond donors (Lipinski definition) is 0. The zero-order valence-corrected chi connectivity index (χ0v) is 5.00. The third kappa shape index (κ3) is 0.426. The summed E-state index contributed by atoms with van der Waals surface area (Å²) < 4.78 is 0. The fourth-order valence-electron chi connectivity index (χ4n) is 1.90. The van der Waals surface area contributed by atoms with Crippen molar-refractivity contribution in [2.24, 2.45) is 17.8 Å². The summed E-state index contributed by atoms with van der Waals surface area (Å²) in [6, 6.07) is 2.17. The molecule has 0 spiro atoms. The van der Waals surface area contributed by atoms with E-state index in [0.717, 1.165) is 6.42 Å². The van der Waals surface area contributed by atoms with E-state index in [2.05, 4.69) is 6.07 Å². The van der Waals surface area contributed by atoms with Gasteiger partial charge in [-0.1, -0.05) is 0 Å². The van der Waals surface area contributed by atoms with Crippen LogP contribution in [0.3, 0.4) is 0 Å². The van der Waals surface area contributed by atoms with E-state index in [1.54, 1.807) is 0 Å². The lowest BCUT2D eigenvalue weighted by Gasteiger charge is -2.27. The SMILES string of the molecule is N#C[C@@H]1[C@H]2CC(=O)[C@@H]1C2. The van der Waals surface area contributed by atoms with E-state index in [9.17, 15) is 4.79 Å². The van der Waals surface area contributed by atoms with Gasteiger partial charge in [0.1, 0.15) is 5.78 Å². The lowest BCUT2D eigenvalue weighted by atomic mass is 9.73. The Morgan fingerprint density at radius 1 is 1.67 bits per heavy atom. The number of rotatable bonds is 0. The molecule has 46 valence electrons. The minimum Gasteiger partial charge on any atom is -0.299 e. The van der Waals surface area contributed by atoms with Gasteiger partial charge in [0.15, 0.2) is 0 Å². The molecule has 3 atom stereocenters. The number of carbonyl (C=O) groups excluding carboxylic acids is 1. The van der Waals surface area contributed by atoms with Gasteiger partial charge < -0.3 is 0 Å². The van der Waals surface area contributed by atoms with E-state index >= 15 is 0 Å². The number of carbonyl (C=O) groups is 1. The van der Waals surface area contributed by atoms with Crippen LogP contribution in [0.5, 0.6) is 0 Å². The van der Waals surface area contributed by atoms with Gasteiger partial charge in [-0.25, -0.2) is 0 Å². The Morgan fingerprint density at radius 3 is 2.67 bits per heavy atom. The summed E-state index contributed by atoms with van der Waals surface area (Å²) in [5.41, 5.74) is 0. The average Bonchev–Trinajstić information content (AvgIpc) is 2.22. The van der Waals surface area contributed by atoms with Crippen molar-refractivity contribution >= 4 is 5.78 Å². The minimum absolute atomic E-state index is 0.0949. The summed E-state index contributed by atoms with van der Waals surface area (Å²) in [5.74, 6) is 0.997. The summed E-state index contributed by atoms with van der Waals surface area (Å²) in [5, 5.41) is 8.48. The monoisotopic (exact) mass is 121 g/mol. The second-order valence-electron chi connectivity index (χ2n) is 2.93.